The molecule has 0 saturated heterocycles. The minimum atomic E-state index is -0.448. The number of non-ortho nitro benzene ring substituents is 1. The van der Waals surface area contributed by atoms with Crippen molar-refractivity contribution in [1.29, 1.82) is 0 Å². The number of thioether (sulfide) groups is 1. The van der Waals surface area contributed by atoms with Gasteiger partial charge in [-0.2, -0.15) is 0 Å². The van der Waals surface area contributed by atoms with Crippen LogP contribution in [0.5, 0.6) is 5.75 Å². The second-order valence-corrected chi connectivity index (χ2v) is 8.16. The molecule has 0 bridgehead atoms. The fourth-order valence-electron chi connectivity index (χ4n) is 2.92. The highest BCUT2D eigenvalue weighted by Crippen LogP contribution is 2.22. The average Bonchev–Trinajstić information content (AvgIpc) is 2.75. The van der Waals surface area contributed by atoms with E-state index in [2.05, 4.69) is 4.98 Å². The maximum absolute atomic E-state index is 13.0. The first kappa shape index (κ1) is 23.1. The number of rotatable bonds is 11. The molecule has 3 rings (SSSR count). The number of ether oxygens (including phenoxy) is 2. The second kappa shape index (κ2) is 11.1. The Morgan fingerprint density at radius 2 is 1.94 bits per heavy atom. The van der Waals surface area contributed by atoms with Crippen LogP contribution in [0.4, 0.5) is 5.69 Å². The van der Waals surface area contributed by atoms with E-state index in [1.807, 2.05) is 0 Å². The van der Waals surface area contributed by atoms with Crippen molar-refractivity contribution in [3.8, 4) is 5.75 Å². The van der Waals surface area contributed by atoms with E-state index in [4.69, 9.17) is 21.1 Å². The summed E-state index contributed by atoms with van der Waals surface area (Å²) in [5.74, 6) is 1.26. The van der Waals surface area contributed by atoms with Gasteiger partial charge in [-0.1, -0.05) is 23.4 Å². The molecule has 0 N–H and O–H groups in total. The van der Waals surface area contributed by atoms with E-state index in [0.717, 1.165) is 0 Å². The van der Waals surface area contributed by atoms with Crippen LogP contribution in [0.1, 0.15) is 12.8 Å². The highest BCUT2D eigenvalue weighted by Gasteiger charge is 2.12. The summed E-state index contributed by atoms with van der Waals surface area (Å²) in [5.41, 5.74) is 0.504. The Bertz CT molecular complexity index is 1100. The molecule has 2 aromatic carbocycles. The maximum Gasteiger partial charge on any atom is 0.269 e. The van der Waals surface area contributed by atoms with Gasteiger partial charge in [-0.3, -0.25) is 19.5 Å². The molecule has 164 valence electrons. The van der Waals surface area contributed by atoms with Gasteiger partial charge in [-0.05, 0) is 43.2 Å². The lowest BCUT2D eigenvalue weighted by atomic mass is 10.2. The normalized spacial score (nSPS) is 11.0. The monoisotopic (exact) mass is 463 g/mol. The number of nitrogens with zero attached hydrogens (tertiary/aromatic N) is 3. The zero-order valence-electron chi connectivity index (χ0n) is 17.0. The third-order valence-corrected chi connectivity index (χ3v) is 5.75. The predicted molar refractivity (Wildman–Crippen MR) is 121 cm³/mol. The standard InChI is InChI=1S/C21H22ClN3O5S/c1-29-11-2-10-24-20(26)18-9-4-15(22)14-19(18)23-21(24)31-13-3-12-30-17-7-5-16(6-8-17)25(27)28/h4-9,14H,2-3,10-13H2,1H3. The van der Waals surface area contributed by atoms with Crippen molar-refractivity contribution < 1.29 is 14.4 Å². The van der Waals surface area contributed by atoms with Crippen LogP contribution in [-0.4, -0.2) is 40.6 Å². The first-order valence-corrected chi connectivity index (χ1v) is 11.0. The van der Waals surface area contributed by atoms with Gasteiger partial charge in [-0.25, -0.2) is 4.98 Å². The third kappa shape index (κ3) is 6.19. The van der Waals surface area contributed by atoms with Crippen LogP contribution in [0, 0.1) is 10.1 Å². The van der Waals surface area contributed by atoms with E-state index in [1.165, 1.54) is 23.9 Å². The van der Waals surface area contributed by atoms with Crippen molar-refractivity contribution in [2.45, 2.75) is 24.5 Å². The van der Waals surface area contributed by atoms with Gasteiger partial charge in [0.2, 0.25) is 0 Å². The molecule has 0 spiro atoms. The molecule has 1 aromatic heterocycles. The fraction of sp³-hybridized carbons (Fsp3) is 0.333. The van der Waals surface area contributed by atoms with Crippen LogP contribution in [0.15, 0.2) is 52.4 Å². The summed E-state index contributed by atoms with van der Waals surface area (Å²) in [5, 5.41) is 12.4. The quantitative estimate of drug-likeness (QED) is 0.135. The average molecular weight is 464 g/mol. The summed E-state index contributed by atoms with van der Waals surface area (Å²) in [4.78, 5) is 27.9. The molecule has 0 aliphatic rings. The number of halogens is 1. The van der Waals surface area contributed by atoms with Gasteiger partial charge in [0.05, 0.1) is 22.4 Å². The second-order valence-electron chi connectivity index (χ2n) is 6.66. The Balaban J connectivity index is 1.64. The molecule has 0 amide bonds. The highest BCUT2D eigenvalue weighted by atomic mass is 35.5. The predicted octanol–water partition coefficient (Wildman–Crippen LogP) is 4.56. The zero-order chi connectivity index (χ0) is 22.2. The molecule has 0 fully saturated rings. The number of nitro benzene ring substituents is 1. The molecule has 0 aliphatic carbocycles. The van der Waals surface area contributed by atoms with E-state index in [9.17, 15) is 14.9 Å². The highest BCUT2D eigenvalue weighted by molar-refractivity contribution is 7.99. The smallest absolute Gasteiger partial charge is 0.269 e. The lowest BCUT2D eigenvalue weighted by Gasteiger charge is -2.13. The zero-order valence-corrected chi connectivity index (χ0v) is 18.5. The molecule has 8 nitrogen and oxygen atoms in total. The molecule has 1 heterocycles. The van der Waals surface area contributed by atoms with E-state index >= 15 is 0 Å². The molecule has 31 heavy (non-hydrogen) atoms. The fourth-order valence-corrected chi connectivity index (χ4v) is 4.03. The van der Waals surface area contributed by atoms with Gasteiger partial charge in [0.25, 0.3) is 11.2 Å². The molecule has 10 heteroatoms. The van der Waals surface area contributed by atoms with Crippen molar-refractivity contribution in [1.82, 2.24) is 9.55 Å². The minimum absolute atomic E-state index is 0.0248. The first-order valence-electron chi connectivity index (χ1n) is 9.68. The molecule has 3 aromatic rings. The number of hydrogen-bond donors (Lipinski definition) is 0. The van der Waals surface area contributed by atoms with Crippen molar-refractivity contribution in [2.24, 2.45) is 0 Å². The van der Waals surface area contributed by atoms with E-state index < -0.39 is 4.92 Å². The van der Waals surface area contributed by atoms with Crippen LogP contribution in [-0.2, 0) is 11.3 Å². The van der Waals surface area contributed by atoms with Crippen LogP contribution in [0.2, 0.25) is 5.02 Å². The summed E-state index contributed by atoms with van der Waals surface area (Å²) in [7, 11) is 1.63. The number of nitro groups is 1. The van der Waals surface area contributed by atoms with Crippen LogP contribution >= 0.6 is 23.4 Å². The van der Waals surface area contributed by atoms with Gasteiger partial charge < -0.3 is 9.47 Å². The topological polar surface area (TPSA) is 96.5 Å². The molecule has 0 aliphatic heterocycles. The first-order chi connectivity index (χ1) is 15.0. The number of aromatic nitrogens is 2. The van der Waals surface area contributed by atoms with Gasteiger partial charge in [0, 0.05) is 43.2 Å². The summed E-state index contributed by atoms with van der Waals surface area (Å²) in [6, 6.07) is 11.1. The van der Waals surface area contributed by atoms with Crippen molar-refractivity contribution in [2.75, 3.05) is 26.1 Å². The van der Waals surface area contributed by atoms with Crippen molar-refractivity contribution >= 4 is 40.0 Å². The van der Waals surface area contributed by atoms with Crippen molar-refractivity contribution in [3.63, 3.8) is 0 Å². The number of benzene rings is 2. The molecular weight excluding hydrogens is 442 g/mol. The molecule has 0 atom stereocenters. The molecule has 0 radical (unpaired) electrons. The Morgan fingerprint density at radius 3 is 2.65 bits per heavy atom. The van der Waals surface area contributed by atoms with E-state index in [0.29, 0.717) is 65.2 Å². The Kier molecular flexibility index (Phi) is 8.27. The number of hydrogen-bond acceptors (Lipinski definition) is 7. The maximum atomic E-state index is 13.0. The van der Waals surface area contributed by atoms with Gasteiger partial charge >= 0.3 is 0 Å². The SMILES string of the molecule is COCCCn1c(SCCCOc2ccc([N+](=O)[O-])cc2)nc2cc(Cl)ccc2c1=O. The lowest BCUT2D eigenvalue weighted by molar-refractivity contribution is -0.384. The van der Waals surface area contributed by atoms with Crippen LogP contribution < -0.4 is 10.3 Å². The largest absolute Gasteiger partial charge is 0.494 e. The van der Waals surface area contributed by atoms with Gasteiger partial charge in [-0.15, -0.1) is 0 Å². The Morgan fingerprint density at radius 1 is 1.16 bits per heavy atom. The number of fused-ring (bicyclic) bond motifs is 1. The minimum Gasteiger partial charge on any atom is -0.494 e. The van der Waals surface area contributed by atoms with E-state index in [1.54, 1.807) is 42.0 Å². The van der Waals surface area contributed by atoms with Gasteiger partial charge in [0.15, 0.2) is 5.16 Å². The summed E-state index contributed by atoms with van der Waals surface area (Å²) >= 11 is 7.55. The van der Waals surface area contributed by atoms with E-state index in [-0.39, 0.29) is 11.2 Å². The third-order valence-electron chi connectivity index (χ3n) is 4.45. The lowest BCUT2D eigenvalue weighted by Crippen LogP contribution is -2.24. The molecule has 0 unspecified atom stereocenters. The summed E-state index contributed by atoms with van der Waals surface area (Å²) in [6.45, 7) is 1.51. The summed E-state index contributed by atoms with van der Waals surface area (Å²) < 4.78 is 12.4. The van der Waals surface area contributed by atoms with Crippen LogP contribution in [0.25, 0.3) is 10.9 Å². The Hall–Kier alpha value is -2.62. The van der Waals surface area contributed by atoms with Crippen LogP contribution in [0.3, 0.4) is 0 Å². The Labute approximate surface area is 188 Å². The number of methoxy groups -OCH3 is 1. The van der Waals surface area contributed by atoms with Gasteiger partial charge in [0.1, 0.15) is 5.75 Å². The summed E-state index contributed by atoms with van der Waals surface area (Å²) in [6.07, 6.45) is 1.41. The van der Waals surface area contributed by atoms with Crippen molar-refractivity contribution in [3.05, 3.63) is 68.0 Å². The molecular formula is C21H22ClN3O5S. The molecule has 0 saturated carbocycles.